The van der Waals surface area contributed by atoms with Crippen LogP contribution in [0, 0.1) is 13.8 Å². The second-order valence-electron chi connectivity index (χ2n) is 9.29. The van der Waals surface area contributed by atoms with Crippen molar-refractivity contribution in [2.45, 2.75) is 13.8 Å². The minimum atomic E-state index is -0.0264. The molecular formula is C27H32BrN7O3. The van der Waals surface area contributed by atoms with Gasteiger partial charge in [-0.05, 0) is 54.0 Å². The molecule has 38 heavy (non-hydrogen) atoms. The summed E-state index contributed by atoms with van der Waals surface area (Å²) in [4.78, 5) is 27.5. The van der Waals surface area contributed by atoms with E-state index in [-0.39, 0.29) is 5.91 Å². The summed E-state index contributed by atoms with van der Waals surface area (Å²) in [5.41, 5.74) is 7.18. The van der Waals surface area contributed by atoms with Gasteiger partial charge in [-0.2, -0.15) is 0 Å². The Morgan fingerprint density at radius 3 is 2.84 bits per heavy atom. The van der Waals surface area contributed by atoms with Crippen molar-refractivity contribution in [2.24, 2.45) is 0 Å². The number of aromatic amines is 1. The molecule has 1 aliphatic rings. The van der Waals surface area contributed by atoms with Crippen LogP contribution in [-0.4, -0.2) is 83.4 Å². The van der Waals surface area contributed by atoms with Crippen LogP contribution in [0.2, 0.25) is 0 Å². The molecule has 5 rings (SSSR count). The minimum absolute atomic E-state index is 0.0264. The van der Waals surface area contributed by atoms with Crippen molar-refractivity contribution in [2.75, 3.05) is 63.7 Å². The van der Waals surface area contributed by atoms with Crippen molar-refractivity contribution < 1.29 is 14.3 Å². The van der Waals surface area contributed by atoms with E-state index in [1.807, 2.05) is 24.3 Å². The normalized spacial score (nSPS) is 14.2. The zero-order valence-corrected chi connectivity index (χ0v) is 23.4. The first kappa shape index (κ1) is 26.4. The number of morpholine rings is 1. The van der Waals surface area contributed by atoms with Crippen LogP contribution < -0.4 is 10.6 Å². The summed E-state index contributed by atoms with van der Waals surface area (Å²) in [7, 11) is 1.68. The first-order valence-corrected chi connectivity index (χ1v) is 13.4. The molecule has 10 nitrogen and oxygen atoms in total. The molecule has 0 saturated carbocycles. The highest BCUT2D eigenvalue weighted by molar-refractivity contribution is 9.10. The van der Waals surface area contributed by atoms with E-state index in [4.69, 9.17) is 14.5 Å². The predicted molar refractivity (Wildman–Crippen MR) is 152 cm³/mol. The van der Waals surface area contributed by atoms with Gasteiger partial charge < -0.3 is 29.7 Å². The molecule has 0 atom stereocenters. The van der Waals surface area contributed by atoms with Crippen LogP contribution in [0.25, 0.3) is 28.2 Å². The fourth-order valence-electron chi connectivity index (χ4n) is 4.80. The Bertz CT molecular complexity index is 1440. The van der Waals surface area contributed by atoms with Crippen LogP contribution in [0.1, 0.15) is 11.4 Å². The molecule has 1 aromatic carbocycles. The van der Waals surface area contributed by atoms with E-state index < -0.39 is 0 Å². The van der Waals surface area contributed by atoms with Crippen molar-refractivity contribution in [3.8, 4) is 17.1 Å². The lowest BCUT2D eigenvalue weighted by molar-refractivity contribution is -0.118. The van der Waals surface area contributed by atoms with E-state index in [9.17, 15) is 4.79 Å². The van der Waals surface area contributed by atoms with Gasteiger partial charge in [-0.1, -0.05) is 6.07 Å². The van der Waals surface area contributed by atoms with Gasteiger partial charge in [-0.25, -0.2) is 9.97 Å². The fraction of sp³-hybridized carbons (Fsp3) is 0.370. The number of aryl methyl sites for hydroxylation is 1. The van der Waals surface area contributed by atoms with E-state index in [0.717, 1.165) is 62.9 Å². The summed E-state index contributed by atoms with van der Waals surface area (Å²) >= 11 is 3.59. The van der Waals surface area contributed by atoms with Crippen molar-refractivity contribution in [3.63, 3.8) is 0 Å². The number of anilines is 2. The molecule has 0 spiro atoms. The Hall–Kier alpha value is -3.25. The van der Waals surface area contributed by atoms with Crippen LogP contribution in [0.3, 0.4) is 0 Å². The number of hydrogen-bond acceptors (Lipinski definition) is 7. The van der Waals surface area contributed by atoms with Gasteiger partial charge in [-0.15, -0.1) is 0 Å². The number of carbonyl (C=O) groups is 1. The number of rotatable bonds is 9. The van der Waals surface area contributed by atoms with E-state index in [2.05, 4.69) is 65.9 Å². The topological polar surface area (TPSA) is 109 Å². The zero-order chi connectivity index (χ0) is 26.6. The highest BCUT2D eigenvalue weighted by Gasteiger charge is 2.19. The molecule has 1 amide bonds. The Morgan fingerprint density at radius 1 is 1.24 bits per heavy atom. The maximum atomic E-state index is 12.6. The van der Waals surface area contributed by atoms with E-state index in [1.165, 1.54) is 0 Å². The Kier molecular flexibility index (Phi) is 8.08. The number of carbonyl (C=O) groups excluding carboxylic acids is 1. The Balaban J connectivity index is 1.40. The largest absolute Gasteiger partial charge is 0.383 e. The first-order chi connectivity index (χ1) is 18.4. The number of benzene rings is 1. The number of hydrogen-bond donors (Lipinski definition) is 3. The quantitative estimate of drug-likeness (QED) is 0.255. The van der Waals surface area contributed by atoms with Crippen molar-refractivity contribution in [1.29, 1.82) is 0 Å². The van der Waals surface area contributed by atoms with E-state index in [0.29, 0.717) is 38.6 Å². The van der Waals surface area contributed by atoms with Gasteiger partial charge in [-0.3, -0.25) is 9.69 Å². The van der Waals surface area contributed by atoms with Crippen LogP contribution in [0.15, 0.2) is 41.0 Å². The number of halogens is 1. The van der Waals surface area contributed by atoms with E-state index in [1.54, 1.807) is 13.3 Å². The lowest BCUT2D eigenvalue weighted by Crippen LogP contribution is -2.41. The molecule has 1 fully saturated rings. The number of aromatic nitrogens is 4. The number of nitrogens with one attached hydrogen (secondary N) is 3. The van der Waals surface area contributed by atoms with Crippen LogP contribution in [0.5, 0.6) is 0 Å². The molecule has 0 bridgehead atoms. The molecule has 1 saturated heterocycles. The maximum absolute atomic E-state index is 12.6. The highest BCUT2D eigenvalue weighted by Crippen LogP contribution is 2.33. The summed E-state index contributed by atoms with van der Waals surface area (Å²) in [6.45, 7) is 8.63. The molecule has 3 N–H and O–H groups in total. The first-order valence-electron chi connectivity index (χ1n) is 12.6. The van der Waals surface area contributed by atoms with Crippen LogP contribution >= 0.6 is 15.9 Å². The third kappa shape index (κ3) is 5.60. The summed E-state index contributed by atoms with van der Waals surface area (Å²) in [6.07, 6.45) is 1.75. The molecule has 4 heterocycles. The highest BCUT2D eigenvalue weighted by atomic mass is 79.9. The summed E-state index contributed by atoms with van der Waals surface area (Å²) in [5, 5.41) is 6.44. The number of nitrogens with zero attached hydrogens (tertiary/aromatic N) is 4. The molecule has 1 aliphatic heterocycles. The molecule has 0 aliphatic carbocycles. The van der Waals surface area contributed by atoms with Crippen molar-refractivity contribution >= 4 is 44.4 Å². The average molecular weight is 583 g/mol. The van der Waals surface area contributed by atoms with E-state index >= 15 is 0 Å². The molecule has 3 aromatic heterocycles. The number of H-pyrrole nitrogens is 1. The van der Waals surface area contributed by atoms with Gasteiger partial charge in [0.1, 0.15) is 11.3 Å². The van der Waals surface area contributed by atoms with Gasteiger partial charge in [0.25, 0.3) is 0 Å². The molecular weight excluding hydrogens is 550 g/mol. The summed E-state index contributed by atoms with van der Waals surface area (Å²) < 4.78 is 13.6. The van der Waals surface area contributed by atoms with Crippen molar-refractivity contribution in [1.82, 2.24) is 24.4 Å². The van der Waals surface area contributed by atoms with Crippen LogP contribution in [0.4, 0.5) is 11.4 Å². The summed E-state index contributed by atoms with van der Waals surface area (Å²) in [6, 6.07) is 10.0. The van der Waals surface area contributed by atoms with Crippen LogP contribution in [-0.2, 0) is 14.3 Å². The lowest BCUT2D eigenvalue weighted by atomic mass is 10.2. The molecule has 200 valence electrons. The molecule has 4 aromatic rings. The number of fused-ring (bicyclic) bond motifs is 1. The number of pyridine rings is 1. The Morgan fingerprint density at radius 2 is 2.05 bits per heavy atom. The van der Waals surface area contributed by atoms with Gasteiger partial charge >= 0.3 is 0 Å². The van der Waals surface area contributed by atoms with Crippen molar-refractivity contribution in [3.05, 3.63) is 52.4 Å². The number of amides is 1. The average Bonchev–Trinajstić information content (AvgIpc) is 3.46. The second kappa shape index (κ2) is 11.6. The summed E-state index contributed by atoms with van der Waals surface area (Å²) in [5.74, 6) is 0.719. The minimum Gasteiger partial charge on any atom is -0.383 e. The number of methoxy groups -OCH3 is 1. The third-order valence-corrected chi connectivity index (χ3v) is 7.23. The maximum Gasteiger partial charge on any atom is 0.238 e. The lowest BCUT2D eigenvalue weighted by Gasteiger charge is -2.25. The SMILES string of the molecule is COCCNc1c(Br)cnc2nc(-c3cc(C)n(-c4cccc(NC(=O)CN5CCOCC5)c4)c3C)[nH]c12. The molecule has 0 unspecified atom stereocenters. The van der Waals surface area contributed by atoms with Gasteiger partial charge in [0.05, 0.1) is 36.5 Å². The zero-order valence-electron chi connectivity index (χ0n) is 21.8. The molecule has 0 radical (unpaired) electrons. The number of ether oxygens (including phenoxy) is 2. The number of imidazole rings is 1. The van der Waals surface area contributed by atoms with Gasteiger partial charge in [0, 0.05) is 61.3 Å². The standard InChI is InChI=1S/C27H32BrN7O3/c1-17-13-21(26-32-25-24(29-7-10-37-3)22(28)15-30-27(25)33-26)18(2)35(17)20-6-4-5-19(14-20)31-23(36)16-34-8-11-38-12-9-34/h4-6,13-15H,7-12,16H2,1-3H3,(H,31,36)(H2,29,30,32,33). The Labute approximate surface area is 229 Å². The molecule has 11 heteroatoms. The second-order valence-corrected chi connectivity index (χ2v) is 10.1. The van der Waals surface area contributed by atoms with Gasteiger partial charge in [0.15, 0.2) is 5.65 Å². The monoisotopic (exact) mass is 581 g/mol. The fourth-order valence-corrected chi connectivity index (χ4v) is 5.24. The predicted octanol–water partition coefficient (Wildman–Crippen LogP) is 4.12. The smallest absolute Gasteiger partial charge is 0.238 e. The van der Waals surface area contributed by atoms with Gasteiger partial charge in [0.2, 0.25) is 5.91 Å². The third-order valence-electron chi connectivity index (χ3n) is 6.63.